The van der Waals surface area contributed by atoms with Gasteiger partial charge in [-0.3, -0.25) is 14.4 Å². The van der Waals surface area contributed by atoms with Crippen LogP contribution in [0.2, 0.25) is 0 Å². The molecule has 6 nitrogen and oxygen atoms in total. The Balaban J connectivity index is 2.00. The summed E-state index contributed by atoms with van der Waals surface area (Å²) >= 11 is 1.30. The predicted octanol–water partition coefficient (Wildman–Crippen LogP) is 4.14. The second-order valence-electron chi connectivity index (χ2n) is 5.95. The summed E-state index contributed by atoms with van der Waals surface area (Å²) in [5.41, 5.74) is 0.649. The Morgan fingerprint density at radius 3 is 2.50 bits per heavy atom. The van der Waals surface area contributed by atoms with E-state index in [0.29, 0.717) is 12.1 Å². The molecule has 0 aliphatic rings. The summed E-state index contributed by atoms with van der Waals surface area (Å²) in [4.78, 5) is 35.5. The fourth-order valence-electron chi connectivity index (χ4n) is 2.35. The largest absolute Gasteiger partial charge is 0.481 e. The number of anilines is 2. The smallest absolute Gasteiger partial charge is 0.303 e. The third-order valence-corrected chi connectivity index (χ3v) is 5.12. The van der Waals surface area contributed by atoms with Crippen molar-refractivity contribution in [2.45, 2.75) is 36.3 Å². The van der Waals surface area contributed by atoms with Crippen molar-refractivity contribution in [3.05, 3.63) is 54.3 Å². The molecule has 2 amide bonds. The van der Waals surface area contributed by atoms with Crippen molar-refractivity contribution in [2.75, 3.05) is 10.6 Å². The molecule has 2 rings (SSSR count). The molecule has 0 radical (unpaired) electrons. The first-order valence-corrected chi connectivity index (χ1v) is 9.60. The molecular weight excluding hydrogens is 383 g/mol. The van der Waals surface area contributed by atoms with Gasteiger partial charge in [-0.1, -0.05) is 25.1 Å². The van der Waals surface area contributed by atoms with Gasteiger partial charge in [0.1, 0.15) is 5.82 Å². The average Bonchev–Trinajstić information content (AvgIpc) is 2.66. The number of amides is 2. The van der Waals surface area contributed by atoms with Gasteiger partial charge in [-0.15, -0.1) is 11.8 Å². The Kier molecular flexibility index (Phi) is 8.01. The SMILES string of the molecule is CCC(Sc1cccc(NC(=O)CCC(=O)O)c1)C(=O)Nc1ccccc1F. The normalized spacial score (nSPS) is 11.5. The molecule has 0 saturated carbocycles. The molecule has 0 fully saturated rings. The van der Waals surface area contributed by atoms with Crippen LogP contribution in [0.4, 0.5) is 15.8 Å². The minimum atomic E-state index is -1.04. The van der Waals surface area contributed by atoms with Crippen LogP contribution in [-0.4, -0.2) is 28.1 Å². The molecule has 0 heterocycles. The summed E-state index contributed by atoms with van der Waals surface area (Å²) in [5, 5.41) is 13.4. The van der Waals surface area contributed by atoms with Crippen molar-refractivity contribution in [3.63, 3.8) is 0 Å². The predicted molar refractivity (Wildman–Crippen MR) is 107 cm³/mol. The Bertz CT molecular complexity index is 860. The lowest BCUT2D eigenvalue weighted by Crippen LogP contribution is -2.25. The first-order chi connectivity index (χ1) is 13.4. The van der Waals surface area contributed by atoms with Gasteiger partial charge in [-0.2, -0.15) is 0 Å². The van der Waals surface area contributed by atoms with Crippen LogP contribution in [0.25, 0.3) is 0 Å². The summed E-state index contributed by atoms with van der Waals surface area (Å²) in [6.07, 6.45) is 0.171. The van der Waals surface area contributed by atoms with E-state index in [1.54, 1.807) is 36.4 Å². The van der Waals surface area contributed by atoms with Crippen molar-refractivity contribution in [1.82, 2.24) is 0 Å². The molecule has 1 unspecified atom stereocenters. The average molecular weight is 404 g/mol. The first-order valence-electron chi connectivity index (χ1n) is 8.72. The Labute approximate surface area is 166 Å². The highest BCUT2D eigenvalue weighted by Crippen LogP contribution is 2.29. The van der Waals surface area contributed by atoms with Crippen LogP contribution in [0, 0.1) is 5.82 Å². The number of nitrogens with one attached hydrogen (secondary N) is 2. The molecule has 0 saturated heterocycles. The number of aliphatic carboxylic acids is 1. The number of benzene rings is 2. The van der Waals surface area contributed by atoms with Crippen LogP contribution in [0.5, 0.6) is 0 Å². The quantitative estimate of drug-likeness (QED) is 0.546. The summed E-state index contributed by atoms with van der Waals surface area (Å²) in [6.45, 7) is 1.86. The molecule has 28 heavy (non-hydrogen) atoms. The number of hydrogen-bond acceptors (Lipinski definition) is 4. The van der Waals surface area contributed by atoms with Gasteiger partial charge >= 0.3 is 5.97 Å². The minimum Gasteiger partial charge on any atom is -0.481 e. The second-order valence-corrected chi connectivity index (χ2v) is 7.23. The van der Waals surface area contributed by atoms with Crippen molar-refractivity contribution in [1.29, 1.82) is 0 Å². The lowest BCUT2D eigenvalue weighted by Gasteiger charge is -2.16. The standard InChI is InChI=1S/C20H21FN2O4S/c1-2-17(20(27)23-16-9-4-3-8-15(16)21)28-14-7-5-6-13(12-14)22-18(24)10-11-19(25)26/h3-9,12,17H,2,10-11H2,1H3,(H,22,24)(H,23,27)(H,25,26). The highest BCUT2D eigenvalue weighted by Gasteiger charge is 2.19. The molecule has 1 atom stereocenters. The number of thioether (sulfide) groups is 1. The molecule has 0 aliphatic carbocycles. The lowest BCUT2D eigenvalue weighted by molar-refractivity contribution is -0.138. The van der Waals surface area contributed by atoms with Crippen LogP contribution in [0.3, 0.4) is 0 Å². The van der Waals surface area contributed by atoms with E-state index >= 15 is 0 Å². The maximum Gasteiger partial charge on any atom is 0.303 e. The van der Waals surface area contributed by atoms with E-state index < -0.39 is 22.9 Å². The summed E-state index contributed by atoms with van der Waals surface area (Å²) in [6, 6.07) is 12.9. The van der Waals surface area contributed by atoms with E-state index in [2.05, 4.69) is 10.6 Å². The first kappa shape index (κ1) is 21.4. The van der Waals surface area contributed by atoms with Crippen LogP contribution in [0.15, 0.2) is 53.4 Å². The number of carboxylic acid groups (broad SMARTS) is 1. The Morgan fingerprint density at radius 1 is 1.07 bits per heavy atom. The number of halogens is 1. The van der Waals surface area contributed by atoms with Crippen LogP contribution in [-0.2, 0) is 14.4 Å². The van der Waals surface area contributed by atoms with Crippen LogP contribution in [0.1, 0.15) is 26.2 Å². The zero-order chi connectivity index (χ0) is 20.5. The molecule has 8 heteroatoms. The van der Waals surface area contributed by atoms with Crippen LogP contribution >= 0.6 is 11.8 Å². The molecular formula is C20H21FN2O4S. The van der Waals surface area contributed by atoms with E-state index in [4.69, 9.17) is 5.11 Å². The number of hydrogen-bond donors (Lipinski definition) is 3. The number of rotatable bonds is 9. The van der Waals surface area contributed by atoms with Gasteiger partial charge in [-0.25, -0.2) is 4.39 Å². The van der Waals surface area contributed by atoms with Gasteiger partial charge in [0, 0.05) is 17.0 Å². The molecule has 2 aromatic rings. The summed E-state index contributed by atoms with van der Waals surface area (Å²) < 4.78 is 13.7. The fourth-order valence-corrected chi connectivity index (χ4v) is 3.37. The second kappa shape index (κ2) is 10.5. The Morgan fingerprint density at radius 2 is 1.82 bits per heavy atom. The molecule has 2 aromatic carbocycles. The zero-order valence-electron chi connectivity index (χ0n) is 15.3. The molecule has 3 N–H and O–H groups in total. The topological polar surface area (TPSA) is 95.5 Å². The van der Waals surface area contributed by atoms with Crippen molar-refractivity contribution >= 4 is 40.9 Å². The van der Waals surface area contributed by atoms with Gasteiger partial charge < -0.3 is 15.7 Å². The highest BCUT2D eigenvalue weighted by molar-refractivity contribution is 8.00. The van der Waals surface area contributed by atoms with Gasteiger partial charge in [0.2, 0.25) is 11.8 Å². The third-order valence-electron chi connectivity index (χ3n) is 3.76. The Hall–Kier alpha value is -2.87. The van der Waals surface area contributed by atoms with E-state index in [1.165, 1.54) is 23.9 Å². The number of carbonyl (C=O) groups is 3. The number of carbonyl (C=O) groups excluding carboxylic acids is 2. The van der Waals surface area contributed by atoms with E-state index in [1.807, 2.05) is 6.92 Å². The monoisotopic (exact) mass is 404 g/mol. The van der Waals surface area contributed by atoms with Crippen molar-refractivity contribution in [2.24, 2.45) is 0 Å². The molecule has 148 valence electrons. The van der Waals surface area contributed by atoms with Gasteiger partial charge in [0.15, 0.2) is 0 Å². The van der Waals surface area contributed by atoms with Crippen molar-refractivity contribution < 1.29 is 23.9 Å². The maximum absolute atomic E-state index is 13.7. The van der Waals surface area contributed by atoms with Crippen molar-refractivity contribution in [3.8, 4) is 0 Å². The lowest BCUT2D eigenvalue weighted by atomic mass is 10.2. The summed E-state index contributed by atoms with van der Waals surface area (Å²) in [5.74, 6) is -2.24. The van der Waals surface area contributed by atoms with E-state index in [9.17, 15) is 18.8 Å². The van der Waals surface area contributed by atoms with Gasteiger partial charge in [0.25, 0.3) is 0 Å². The van der Waals surface area contributed by atoms with E-state index in [-0.39, 0.29) is 24.4 Å². The van der Waals surface area contributed by atoms with Gasteiger partial charge in [-0.05, 0) is 36.8 Å². The number of para-hydroxylation sites is 1. The zero-order valence-corrected chi connectivity index (χ0v) is 16.1. The minimum absolute atomic E-state index is 0.116. The van der Waals surface area contributed by atoms with E-state index in [0.717, 1.165) is 4.90 Å². The maximum atomic E-state index is 13.7. The molecule has 0 bridgehead atoms. The highest BCUT2D eigenvalue weighted by atomic mass is 32.2. The molecule has 0 aromatic heterocycles. The molecule has 0 spiro atoms. The summed E-state index contributed by atoms with van der Waals surface area (Å²) in [7, 11) is 0. The number of carboxylic acids is 1. The molecule has 0 aliphatic heterocycles. The van der Waals surface area contributed by atoms with Gasteiger partial charge in [0.05, 0.1) is 17.4 Å². The third kappa shape index (κ3) is 6.70. The van der Waals surface area contributed by atoms with Crippen LogP contribution < -0.4 is 10.6 Å². The fraction of sp³-hybridized carbons (Fsp3) is 0.250.